The summed E-state index contributed by atoms with van der Waals surface area (Å²) in [6, 6.07) is 10.8. The summed E-state index contributed by atoms with van der Waals surface area (Å²) in [5, 5.41) is 0.415. The number of hydrogen-bond donors (Lipinski definition) is 0. The first kappa shape index (κ1) is 14.7. The molecule has 3 rings (SSSR count). The van der Waals surface area contributed by atoms with Gasteiger partial charge in [0.25, 0.3) is 15.6 Å². The van der Waals surface area contributed by atoms with Crippen LogP contribution >= 0.6 is 11.6 Å². The van der Waals surface area contributed by atoms with E-state index < -0.39 is 15.6 Å². The first-order valence-electron chi connectivity index (χ1n) is 6.39. The summed E-state index contributed by atoms with van der Waals surface area (Å²) in [4.78, 5) is 16.1. The lowest BCUT2D eigenvalue weighted by Crippen LogP contribution is -2.27. The van der Waals surface area contributed by atoms with Gasteiger partial charge < -0.3 is 0 Å². The number of aryl methyl sites for hydroxylation is 1. The lowest BCUT2D eigenvalue weighted by molar-refractivity contribution is 0.587. The van der Waals surface area contributed by atoms with E-state index >= 15 is 0 Å². The van der Waals surface area contributed by atoms with Gasteiger partial charge in [-0.2, -0.15) is 3.97 Å². The van der Waals surface area contributed by atoms with E-state index in [0.29, 0.717) is 10.5 Å². The third-order valence-electron chi connectivity index (χ3n) is 3.23. The van der Waals surface area contributed by atoms with Crippen molar-refractivity contribution in [2.24, 2.45) is 0 Å². The van der Waals surface area contributed by atoms with Crippen LogP contribution in [-0.4, -0.2) is 17.4 Å². The molecule has 0 saturated carbocycles. The molecule has 0 aliphatic heterocycles. The van der Waals surface area contributed by atoms with Gasteiger partial charge in [-0.1, -0.05) is 29.3 Å². The molecule has 0 spiro atoms. The second kappa shape index (κ2) is 5.23. The van der Waals surface area contributed by atoms with Crippen LogP contribution in [0.5, 0.6) is 0 Å². The molecule has 112 valence electrons. The SMILES string of the molecule is Cc1ccc(S(=O)(=O)n2c(=O)cnc3cc(Cl)ccc32)cc1. The minimum atomic E-state index is -4.00. The molecule has 1 heterocycles. The summed E-state index contributed by atoms with van der Waals surface area (Å²) >= 11 is 5.88. The van der Waals surface area contributed by atoms with Gasteiger partial charge in [0.05, 0.1) is 22.1 Å². The molecule has 0 bridgehead atoms. The van der Waals surface area contributed by atoms with E-state index in [4.69, 9.17) is 11.6 Å². The quantitative estimate of drug-likeness (QED) is 0.722. The first-order valence-corrected chi connectivity index (χ1v) is 8.21. The molecule has 22 heavy (non-hydrogen) atoms. The Morgan fingerprint density at radius 2 is 1.77 bits per heavy atom. The molecule has 0 amide bonds. The first-order chi connectivity index (χ1) is 10.4. The van der Waals surface area contributed by atoms with Gasteiger partial charge in [-0.3, -0.25) is 4.79 Å². The number of nitrogens with zero attached hydrogens (tertiary/aromatic N) is 2. The van der Waals surface area contributed by atoms with E-state index in [2.05, 4.69) is 4.98 Å². The Kier molecular flexibility index (Phi) is 3.50. The van der Waals surface area contributed by atoms with E-state index in [0.717, 1.165) is 15.7 Å². The van der Waals surface area contributed by atoms with E-state index in [1.54, 1.807) is 12.1 Å². The minimum Gasteiger partial charge on any atom is -0.266 e. The van der Waals surface area contributed by atoms with Gasteiger partial charge in [-0.25, -0.2) is 13.4 Å². The predicted octanol–water partition coefficient (Wildman–Crippen LogP) is 2.60. The van der Waals surface area contributed by atoms with Crippen molar-refractivity contribution < 1.29 is 8.42 Å². The topological polar surface area (TPSA) is 69.0 Å². The number of aromatic nitrogens is 2. The third-order valence-corrected chi connectivity index (χ3v) is 5.19. The standard InChI is InChI=1S/C15H11ClN2O3S/c1-10-2-5-12(6-3-10)22(20,21)18-14-7-4-11(16)8-13(14)17-9-15(18)19/h2-9H,1H3. The molecular weight excluding hydrogens is 324 g/mol. The van der Waals surface area contributed by atoms with Crippen LogP contribution in [-0.2, 0) is 10.0 Å². The molecule has 3 aromatic rings. The Morgan fingerprint density at radius 3 is 2.45 bits per heavy atom. The summed E-state index contributed by atoms with van der Waals surface area (Å²) in [6.07, 6.45) is 0.977. The Hall–Kier alpha value is -2.18. The van der Waals surface area contributed by atoms with Crippen molar-refractivity contribution in [3.8, 4) is 0 Å². The van der Waals surface area contributed by atoms with Crippen LogP contribution in [0.4, 0.5) is 0 Å². The molecule has 1 aromatic heterocycles. The van der Waals surface area contributed by atoms with Gasteiger partial charge in [0.2, 0.25) is 0 Å². The number of hydrogen-bond acceptors (Lipinski definition) is 4. The molecule has 2 aromatic carbocycles. The maximum absolute atomic E-state index is 12.8. The summed E-state index contributed by atoms with van der Waals surface area (Å²) in [5.74, 6) is 0. The van der Waals surface area contributed by atoms with Gasteiger partial charge >= 0.3 is 0 Å². The van der Waals surface area contributed by atoms with E-state index in [-0.39, 0.29) is 10.4 Å². The fourth-order valence-electron chi connectivity index (χ4n) is 2.13. The van der Waals surface area contributed by atoms with Crippen LogP contribution in [0, 0.1) is 6.92 Å². The molecule has 0 unspecified atom stereocenters. The maximum Gasteiger partial charge on any atom is 0.283 e. The maximum atomic E-state index is 12.8. The largest absolute Gasteiger partial charge is 0.283 e. The zero-order chi connectivity index (χ0) is 15.9. The van der Waals surface area contributed by atoms with Crippen LogP contribution in [0.15, 0.2) is 58.4 Å². The van der Waals surface area contributed by atoms with Crippen LogP contribution in [0.3, 0.4) is 0 Å². The molecule has 0 atom stereocenters. The zero-order valence-electron chi connectivity index (χ0n) is 11.5. The number of benzene rings is 2. The third kappa shape index (κ3) is 2.40. The monoisotopic (exact) mass is 334 g/mol. The van der Waals surface area contributed by atoms with Gasteiger partial charge in [-0.15, -0.1) is 0 Å². The normalized spacial score (nSPS) is 11.7. The Bertz CT molecular complexity index is 1020. The summed E-state index contributed by atoms with van der Waals surface area (Å²) in [6.45, 7) is 1.85. The van der Waals surface area contributed by atoms with Crippen molar-refractivity contribution in [2.45, 2.75) is 11.8 Å². The molecule has 0 N–H and O–H groups in total. The highest BCUT2D eigenvalue weighted by Gasteiger charge is 2.21. The highest BCUT2D eigenvalue weighted by Crippen LogP contribution is 2.20. The average molecular weight is 335 g/mol. The molecule has 0 aliphatic rings. The van der Waals surface area contributed by atoms with Crippen molar-refractivity contribution in [1.82, 2.24) is 8.96 Å². The molecule has 0 saturated heterocycles. The van der Waals surface area contributed by atoms with Crippen molar-refractivity contribution in [1.29, 1.82) is 0 Å². The fourth-order valence-corrected chi connectivity index (χ4v) is 3.69. The molecule has 0 radical (unpaired) electrons. The number of halogens is 1. The van der Waals surface area contributed by atoms with E-state index in [9.17, 15) is 13.2 Å². The second-order valence-electron chi connectivity index (χ2n) is 4.81. The van der Waals surface area contributed by atoms with E-state index in [1.165, 1.54) is 30.3 Å². The highest BCUT2D eigenvalue weighted by molar-refractivity contribution is 7.90. The lowest BCUT2D eigenvalue weighted by atomic mass is 10.2. The molecule has 7 heteroatoms. The Morgan fingerprint density at radius 1 is 1.09 bits per heavy atom. The highest BCUT2D eigenvalue weighted by atomic mass is 35.5. The second-order valence-corrected chi connectivity index (χ2v) is 7.04. The summed E-state index contributed by atoms with van der Waals surface area (Å²) in [7, 11) is -4.00. The molecule has 5 nitrogen and oxygen atoms in total. The summed E-state index contributed by atoms with van der Waals surface area (Å²) < 4.78 is 26.3. The summed E-state index contributed by atoms with van der Waals surface area (Å²) in [5.41, 5.74) is 0.744. The Balaban J connectivity index is 2.36. The number of fused-ring (bicyclic) bond motifs is 1. The van der Waals surface area contributed by atoms with Crippen LogP contribution < -0.4 is 5.56 Å². The fraction of sp³-hybridized carbons (Fsp3) is 0.0667. The zero-order valence-corrected chi connectivity index (χ0v) is 13.1. The van der Waals surface area contributed by atoms with Crippen LogP contribution in [0.1, 0.15) is 5.56 Å². The Labute approximate surface area is 131 Å². The van der Waals surface area contributed by atoms with Crippen LogP contribution in [0.2, 0.25) is 5.02 Å². The minimum absolute atomic E-state index is 0.0441. The molecule has 0 aliphatic carbocycles. The average Bonchev–Trinajstić information content (AvgIpc) is 2.47. The number of rotatable bonds is 2. The van der Waals surface area contributed by atoms with Gasteiger partial charge in [0, 0.05) is 5.02 Å². The van der Waals surface area contributed by atoms with Crippen molar-refractivity contribution >= 4 is 32.7 Å². The smallest absolute Gasteiger partial charge is 0.266 e. The molecular formula is C15H11ClN2O3S. The van der Waals surface area contributed by atoms with E-state index in [1.807, 2.05) is 6.92 Å². The van der Waals surface area contributed by atoms with Gasteiger partial charge in [0.15, 0.2) is 0 Å². The van der Waals surface area contributed by atoms with Gasteiger partial charge in [-0.05, 0) is 37.3 Å². The molecule has 0 fully saturated rings. The van der Waals surface area contributed by atoms with Crippen LogP contribution in [0.25, 0.3) is 11.0 Å². The van der Waals surface area contributed by atoms with Crippen molar-refractivity contribution in [3.05, 3.63) is 69.6 Å². The predicted molar refractivity (Wildman–Crippen MR) is 84.8 cm³/mol. The van der Waals surface area contributed by atoms with Crippen molar-refractivity contribution in [3.63, 3.8) is 0 Å². The lowest BCUT2D eigenvalue weighted by Gasteiger charge is -2.11. The van der Waals surface area contributed by atoms with Gasteiger partial charge in [0.1, 0.15) is 0 Å². The van der Waals surface area contributed by atoms with Crippen molar-refractivity contribution in [2.75, 3.05) is 0 Å².